The number of aromatic nitrogens is 1. The highest BCUT2D eigenvalue weighted by Crippen LogP contribution is 2.40. The van der Waals surface area contributed by atoms with Crippen LogP contribution >= 0.6 is 0 Å². The van der Waals surface area contributed by atoms with Crippen LogP contribution in [-0.4, -0.2) is 10.1 Å². The first-order valence-corrected chi connectivity index (χ1v) is 12.0. The highest BCUT2D eigenvalue weighted by molar-refractivity contribution is 5.42. The smallest absolute Gasteiger partial charge is 0.374 e. The number of aliphatic hydroxyl groups excluding tert-OH is 1. The van der Waals surface area contributed by atoms with Crippen LogP contribution in [-0.2, 0) is 30.5 Å². The molecule has 0 amide bonds. The van der Waals surface area contributed by atoms with E-state index in [1.54, 1.807) is 30.3 Å². The summed E-state index contributed by atoms with van der Waals surface area (Å²) in [5.41, 5.74) is -6.53. The van der Waals surface area contributed by atoms with E-state index in [1.165, 1.54) is 30.5 Å². The van der Waals surface area contributed by atoms with Crippen molar-refractivity contribution in [2.24, 2.45) is 0 Å². The molecular formula is C29H21F9N2O. The number of nitrogens with one attached hydrogen (secondary N) is 1. The molecule has 1 aromatic heterocycles. The number of halogens is 9. The molecule has 12 heteroatoms. The zero-order valence-electron chi connectivity index (χ0n) is 20.8. The lowest BCUT2D eigenvalue weighted by molar-refractivity contribution is -0.143. The zero-order valence-corrected chi connectivity index (χ0v) is 20.8. The van der Waals surface area contributed by atoms with E-state index in [1.807, 2.05) is 0 Å². The highest BCUT2D eigenvalue weighted by Gasteiger charge is 2.42. The number of hydrogen-bond acceptors (Lipinski definition) is 3. The maximum Gasteiger partial charge on any atom is 0.416 e. The number of pyridine rings is 1. The zero-order chi connectivity index (χ0) is 30.1. The van der Waals surface area contributed by atoms with Crippen molar-refractivity contribution in [3.63, 3.8) is 0 Å². The predicted octanol–water partition coefficient (Wildman–Crippen LogP) is 7.91. The summed E-state index contributed by atoms with van der Waals surface area (Å²) >= 11 is 0. The molecule has 3 nitrogen and oxygen atoms in total. The standard InChI is InChI=1S/C29H21F9N2O/c30-27(31,32)21-10-6-9-20(15-21)26(24-11-4-5-12-39-24,17-18-7-2-1-3-8-18)40-25(41)19-13-22(28(33,34)35)16-23(14-19)29(36,37)38/h1-16,25,40-41H,17H2. The molecule has 0 spiro atoms. The molecule has 216 valence electrons. The largest absolute Gasteiger partial charge is 0.416 e. The van der Waals surface area contributed by atoms with Crippen LogP contribution in [0.1, 0.15) is 45.3 Å². The van der Waals surface area contributed by atoms with Gasteiger partial charge in [0.05, 0.1) is 27.9 Å². The topological polar surface area (TPSA) is 45.1 Å². The quantitative estimate of drug-likeness (QED) is 0.172. The van der Waals surface area contributed by atoms with E-state index in [0.29, 0.717) is 17.7 Å². The van der Waals surface area contributed by atoms with Crippen LogP contribution in [0.3, 0.4) is 0 Å². The molecule has 1 heterocycles. The average molecular weight is 584 g/mol. The van der Waals surface area contributed by atoms with Crippen molar-refractivity contribution in [2.45, 2.75) is 36.7 Å². The van der Waals surface area contributed by atoms with Gasteiger partial charge in [0.1, 0.15) is 6.23 Å². The maximum atomic E-state index is 13.7. The van der Waals surface area contributed by atoms with Crippen molar-refractivity contribution < 1.29 is 44.6 Å². The lowest BCUT2D eigenvalue weighted by Crippen LogP contribution is -2.48. The molecule has 2 atom stereocenters. The fourth-order valence-corrected chi connectivity index (χ4v) is 4.48. The van der Waals surface area contributed by atoms with E-state index in [-0.39, 0.29) is 23.7 Å². The summed E-state index contributed by atoms with van der Waals surface area (Å²) in [6.45, 7) is 0. The molecule has 41 heavy (non-hydrogen) atoms. The second kappa shape index (κ2) is 11.2. The van der Waals surface area contributed by atoms with Gasteiger partial charge >= 0.3 is 18.5 Å². The Balaban J connectivity index is 1.95. The Morgan fingerprint density at radius 1 is 0.610 bits per heavy atom. The molecule has 0 saturated carbocycles. The third-order valence-electron chi connectivity index (χ3n) is 6.41. The minimum atomic E-state index is -5.18. The van der Waals surface area contributed by atoms with Gasteiger partial charge in [0.15, 0.2) is 0 Å². The van der Waals surface area contributed by atoms with E-state index < -0.39 is 52.5 Å². The third-order valence-corrected chi connectivity index (χ3v) is 6.41. The predicted molar refractivity (Wildman–Crippen MR) is 131 cm³/mol. The first kappa shape index (κ1) is 30.1. The Labute approximate surface area is 228 Å². The van der Waals surface area contributed by atoms with Crippen LogP contribution in [0.4, 0.5) is 39.5 Å². The number of rotatable bonds is 7. The molecule has 0 bridgehead atoms. The van der Waals surface area contributed by atoms with Crippen LogP contribution in [0.5, 0.6) is 0 Å². The Kier molecular flexibility index (Phi) is 8.19. The molecule has 4 rings (SSSR count). The lowest BCUT2D eigenvalue weighted by atomic mass is 9.79. The van der Waals surface area contributed by atoms with Crippen molar-refractivity contribution in [3.05, 3.63) is 136 Å². The van der Waals surface area contributed by atoms with E-state index in [0.717, 1.165) is 18.2 Å². The van der Waals surface area contributed by atoms with Crippen LogP contribution in [0.15, 0.2) is 97.2 Å². The normalized spacial score (nSPS) is 14.9. The molecule has 3 aromatic carbocycles. The molecule has 0 aliphatic carbocycles. The second-order valence-electron chi connectivity index (χ2n) is 9.25. The highest BCUT2D eigenvalue weighted by atomic mass is 19.4. The summed E-state index contributed by atoms with van der Waals surface area (Å²) in [6.07, 6.45) is -16.2. The molecular weight excluding hydrogens is 563 g/mol. The minimum absolute atomic E-state index is 0.0604. The summed E-state index contributed by atoms with van der Waals surface area (Å²) < 4.78 is 122. The Morgan fingerprint density at radius 2 is 1.15 bits per heavy atom. The van der Waals surface area contributed by atoms with Gasteiger partial charge in [0, 0.05) is 12.6 Å². The van der Waals surface area contributed by atoms with Gasteiger partial charge in [0.25, 0.3) is 0 Å². The Bertz CT molecular complexity index is 1440. The maximum absolute atomic E-state index is 13.7. The SMILES string of the molecule is OC(NC(Cc1ccccc1)(c1cccc(C(F)(F)F)c1)c1ccccn1)c1cc(C(F)(F)F)cc(C(F)(F)F)c1. The van der Waals surface area contributed by atoms with Crippen molar-refractivity contribution >= 4 is 0 Å². The summed E-state index contributed by atoms with van der Waals surface area (Å²) in [4.78, 5) is 4.26. The van der Waals surface area contributed by atoms with Gasteiger partial charge in [0.2, 0.25) is 0 Å². The lowest BCUT2D eigenvalue weighted by Gasteiger charge is -2.38. The van der Waals surface area contributed by atoms with Crippen molar-refractivity contribution in [2.75, 3.05) is 0 Å². The Hall–Kier alpha value is -3.90. The molecule has 4 aromatic rings. The molecule has 0 saturated heterocycles. The molecule has 2 unspecified atom stereocenters. The van der Waals surface area contributed by atoms with Crippen molar-refractivity contribution in [3.8, 4) is 0 Å². The van der Waals surface area contributed by atoms with Gasteiger partial charge in [-0.25, -0.2) is 0 Å². The van der Waals surface area contributed by atoms with Crippen molar-refractivity contribution in [1.29, 1.82) is 0 Å². The van der Waals surface area contributed by atoms with Gasteiger partial charge in [-0.1, -0.05) is 48.5 Å². The number of aliphatic hydroxyl groups is 1. The molecule has 0 radical (unpaired) electrons. The van der Waals surface area contributed by atoms with Gasteiger partial charge in [-0.3, -0.25) is 10.3 Å². The summed E-state index contributed by atoms with van der Waals surface area (Å²) in [7, 11) is 0. The molecule has 0 aliphatic heterocycles. The summed E-state index contributed by atoms with van der Waals surface area (Å²) in [6, 6.07) is 17.3. The van der Waals surface area contributed by atoms with Gasteiger partial charge in [-0.15, -0.1) is 0 Å². The fraction of sp³-hybridized carbons (Fsp3) is 0.207. The third kappa shape index (κ3) is 6.88. The van der Waals surface area contributed by atoms with Gasteiger partial charge in [-0.05, 0) is 59.2 Å². The minimum Gasteiger partial charge on any atom is -0.374 e. The molecule has 0 fully saturated rings. The molecule has 2 N–H and O–H groups in total. The average Bonchev–Trinajstić information content (AvgIpc) is 2.92. The van der Waals surface area contributed by atoms with E-state index in [2.05, 4.69) is 10.3 Å². The Morgan fingerprint density at radius 3 is 1.68 bits per heavy atom. The molecule has 0 aliphatic rings. The monoisotopic (exact) mass is 584 g/mol. The van der Waals surface area contributed by atoms with Crippen LogP contribution in [0, 0.1) is 0 Å². The number of alkyl halides is 9. The van der Waals surface area contributed by atoms with Crippen molar-refractivity contribution in [1.82, 2.24) is 10.3 Å². The van der Waals surface area contributed by atoms with Gasteiger partial charge < -0.3 is 5.11 Å². The summed E-state index contributed by atoms with van der Waals surface area (Å²) in [5, 5.41) is 13.8. The number of nitrogens with zero attached hydrogens (tertiary/aromatic N) is 1. The second-order valence-corrected chi connectivity index (χ2v) is 9.25. The first-order chi connectivity index (χ1) is 19.1. The fourth-order valence-electron chi connectivity index (χ4n) is 4.48. The van der Waals surface area contributed by atoms with E-state index in [4.69, 9.17) is 0 Å². The van der Waals surface area contributed by atoms with Crippen LogP contribution in [0.25, 0.3) is 0 Å². The van der Waals surface area contributed by atoms with Gasteiger partial charge in [-0.2, -0.15) is 39.5 Å². The number of benzene rings is 3. The summed E-state index contributed by atoms with van der Waals surface area (Å²) in [5.74, 6) is 0. The first-order valence-electron chi connectivity index (χ1n) is 12.0. The number of hydrogen-bond donors (Lipinski definition) is 2. The van der Waals surface area contributed by atoms with E-state index >= 15 is 0 Å². The van der Waals surface area contributed by atoms with E-state index in [9.17, 15) is 44.6 Å². The van der Waals surface area contributed by atoms with Crippen LogP contribution in [0.2, 0.25) is 0 Å². The van der Waals surface area contributed by atoms with Crippen LogP contribution < -0.4 is 5.32 Å².